The van der Waals surface area contributed by atoms with E-state index in [-0.39, 0.29) is 6.54 Å². The summed E-state index contributed by atoms with van der Waals surface area (Å²) >= 11 is 0. The van der Waals surface area contributed by atoms with Crippen LogP contribution in [0.2, 0.25) is 0 Å². The second-order valence-corrected chi connectivity index (χ2v) is 3.40. The smallest absolute Gasteiger partial charge is 0.143 e. The van der Waals surface area contributed by atoms with Crippen molar-refractivity contribution in [2.75, 3.05) is 5.73 Å². The van der Waals surface area contributed by atoms with Gasteiger partial charge in [0.05, 0.1) is 12.9 Å². The first-order valence-electron chi connectivity index (χ1n) is 4.71. The molecule has 0 amide bonds. The molecule has 1 aromatic carbocycles. The summed E-state index contributed by atoms with van der Waals surface area (Å²) < 4.78 is 15.5. The van der Waals surface area contributed by atoms with Crippen LogP contribution in [-0.4, -0.2) is 9.55 Å². The Morgan fingerprint density at radius 2 is 2.33 bits per heavy atom. The van der Waals surface area contributed by atoms with Gasteiger partial charge in [-0.05, 0) is 17.7 Å². The highest BCUT2D eigenvalue weighted by Gasteiger charge is 2.10. The maximum atomic E-state index is 13.8. The summed E-state index contributed by atoms with van der Waals surface area (Å²) in [5.41, 5.74) is 6.77. The van der Waals surface area contributed by atoms with E-state index in [0.29, 0.717) is 11.3 Å². The summed E-state index contributed by atoms with van der Waals surface area (Å²) in [6.07, 6.45) is 3.91. The number of benzene rings is 1. The number of nitrogens with two attached hydrogens (primary N) is 1. The van der Waals surface area contributed by atoms with Crippen LogP contribution in [0.1, 0.15) is 11.7 Å². The number of hydrogen-bond donors (Lipinski definition) is 1. The zero-order chi connectivity index (χ0) is 10.7. The molecule has 78 valence electrons. The molecule has 1 atom stereocenters. The molecule has 1 aromatic heterocycles. The maximum absolute atomic E-state index is 13.8. The van der Waals surface area contributed by atoms with Crippen molar-refractivity contribution < 1.29 is 4.39 Å². The van der Waals surface area contributed by atoms with Crippen LogP contribution in [0.15, 0.2) is 43.0 Å². The summed E-state index contributed by atoms with van der Waals surface area (Å²) in [6, 6.07) is 6.89. The van der Waals surface area contributed by atoms with E-state index >= 15 is 0 Å². The molecule has 2 N–H and O–H groups in total. The molecular weight excluding hydrogens is 193 g/mol. The lowest BCUT2D eigenvalue weighted by atomic mass is 10.1. The lowest BCUT2D eigenvalue weighted by Crippen LogP contribution is -2.03. The minimum Gasteiger partial charge on any atom is -0.399 e. The van der Waals surface area contributed by atoms with E-state index in [1.54, 1.807) is 47.6 Å². The van der Waals surface area contributed by atoms with Gasteiger partial charge in [-0.25, -0.2) is 9.37 Å². The SMILES string of the molecule is Nc1cccc(C(F)Cn2ccnc2)c1. The van der Waals surface area contributed by atoms with E-state index in [0.717, 1.165) is 0 Å². The minimum atomic E-state index is -1.05. The molecule has 0 bridgehead atoms. The van der Waals surface area contributed by atoms with E-state index in [9.17, 15) is 4.39 Å². The number of nitrogens with zero attached hydrogens (tertiary/aromatic N) is 2. The van der Waals surface area contributed by atoms with Crippen LogP contribution in [0.3, 0.4) is 0 Å². The van der Waals surface area contributed by atoms with Gasteiger partial charge in [-0.1, -0.05) is 12.1 Å². The number of aromatic nitrogens is 2. The van der Waals surface area contributed by atoms with Crippen molar-refractivity contribution in [2.24, 2.45) is 0 Å². The van der Waals surface area contributed by atoms with Gasteiger partial charge in [0.1, 0.15) is 6.17 Å². The van der Waals surface area contributed by atoms with Crippen LogP contribution < -0.4 is 5.73 Å². The van der Waals surface area contributed by atoms with Crippen molar-refractivity contribution in [3.05, 3.63) is 48.5 Å². The third-order valence-corrected chi connectivity index (χ3v) is 2.20. The number of rotatable bonds is 3. The van der Waals surface area contributed by atoms with Gasteiger partial charge in [-0.3, -0.25) is 0 Å². The van der Waals surface area contributed by atoms with E-state index < -0.39 is 6.17 Å². The van der Waals surface area contributed by atoms with Crippen molar-refractivity contribution in [1.82, 2.24) is 9.55 Å². The van der Waals surface area contributed by atoms with Crippen molar-refractivity contribution in [3.63, 3.8) is 0 Å². The van der Waals surface area contributed by atoms with Crippen LogP contribution in [0.4, 0.5) is 10.1 Å². The van der Waals surface area contributed by atoms with E-state index in [1.165, 1.54) is 0 Å². The van der Waals surface area contributed by atoms with Gasteiger partial charge in [0.2, 0.25) is 0 Å². The number of hydrogen-bond acceptors (Lipinski definition) is 2. The minimum absolute atomic E-state index is 0.267. The Labute approximate surface area is 87.4 Å². The number of anilines is 1. The number of halogens is 1. The monoisotopic (exact) mass is 205 g/mol. The fourth-order valence-electron chi connectivity index (χ4n) is 1.44. The Bertz CT molecular complexity index is 425. The molecule has 2 rings (SSSR count). The molecule has 0 saturated heterocycles. The van der Waals surface area contributed by atoms with Gasteiger partial charge in [0, 0.05) is 18.1 Å². The maximum Gasteiger partial charge on any atom is 0.143 e. The molecule has 0 aliphatic heterocycles. The number of alkyl halides is 1. The highest BCUT2D eigenvalue weighted by atomic mass is 19.1. The molecule has 0 radical (unpaired) electrons. The lowest BCUT2D eigenvalue weighted by molar-refractivity contribution is 0.303. The molecule has 0 saturated carbocycles. The standard InChI is InChI=1S/C11H12FN3/c12-11(7-15-5-4-14-8-15)9-2-1-3-10(13)6-9/h1-6,8,11H,7,13H2. The quantitative estimate of drug-likeness (QED) is 0.780. The number of imidazole rings is 1. The van der Waals surface area contributed by atoms with Crippen molar-refractivity contribution in [3.8, 4) is 0 Å². The molecule has 3 nitrogen and oxygen atoms in total. The molecule has 2 aromatic rings. The van der Waals surface area contributed by atoms with Crippen molar-refractivity contribution >= 4 is 5.69 Å². The molecule has 0 aliphatic rings. The Balaban J connectivity index is 2.11. The van der Waals surface area contributed by atoms with E-state index in [1.807, 2.05) is 0 Å². The van der Waals surface area contributed by atoms with Crippen LogP contribution in [0.25, 0.3) is 0 Å². The average Bonchev–Trinajstić information content (AvgIpc) is 2.70. The Hall–Kier alpha value is -1.84. The highest BCUT2D eigenvalue weighted by molar-refractivity contribution is 5.41. The Morgan fingerprint density at radius 1 is 1.47 bits per heavy atom. The number of nitrogen functional groups attached to an aromatic ring is 1. The predicted molar refractivity (Wildman–Crippen MR) is 56.9 cm³/mol. The summed E-state index contributed by atoms with van der Waals surface area (Å²) in [4.78, 5) is 3.86. The second kappa shape index (κ2) is 4.13. The fraction of sp³-hybridized carbons (Fsp3) is 0.182. The van der Waals surface area contributed by atoms with Crippen LogP contribution in [0.5, 0.6) is 0 Å². The first kappa shape index (κ1) is 9.71. The molecule has 1 unspecified atom stereocenters. The van der Waals surface area contributed by atoms with Gasteiger partial charge in [-0.2, -0.15) is 0 Å². The van der Waals surface area contributed by atoms with Crippen molar-refractivity contribution in [1.29, 1.82) is 0 Å². The zero-order valence-corrected chi connectivity index (χ0v) is 8.18. The third-order valence-electron chi connectivity index (χ3n) is 2.20. The topological polar surface area (TPSA) is 43.8 Å². The van der Waals surface area contributed by atoms with E-state index in [2.05, 4.69) is 4.98 Å². The van der Waals surface area contributed by atoms with Gasteiger partial charge < -0.3 is 10.3 Å². The van der Waals surface area contributed by atoms with Gasteiger partial charge in [-0.15, -0.1) is 0 Å². The van der Waals surface area contributed by atoms with Crippen LogP contribution >= 0.6 is 0 Å². The first-order chi connectivity index (χ1) is 7.25. The van der Waals surface area contributed by atoms with E-state index in [4.69, 9.17) is 5.73 Å². The average molecular weight is 205 g/mol. The molecule has 1 heterocycles. The molecule has 0 fully saturated rings. The normalized spacial score (nSPS) is 12.6. The summed E-state index contributed by atoms with van der Waals surface area (Å²) in [5, 5.41) is 0. The van der Waals surface area contributed by atoms with Crippen LogP contribution in [-0.2, 0) is 6.54 Å². The third kappa shape index (κ3) is 2.34. The van der Waals surface area contributed by atoms with Crippen molar-refractivity contribution in [2.45, 2.75) is 12.7 Å². The van der Waals surface area contributed by atoms with Gasteiger partial charge in [0.25, 0.3) is 0 Å². The second-order valence-electron chi connectivity index (χ2n) is 3.40. The summed E-state index contributed by atoms with van der Waals surface area (Å²) in [6.45, 7) is 0.267. The Kier molecular flexibility index (Phi) is 2.67. The highest BCUT2D eigenvalue weighted by Crippen LogP contribution is 2.21. The molecule has 4 heteroatoms. The Morgan fingerprint density at radius 3 is 3.00 bits per heavy atom. The predicted octanol–water partition coefficient (Wildman–Crippen LogP) is 2.18. The van der Waals surface area contributed by atoms with Gasteiger partial charge >= 0.3 is 0 Å². The summed E-state index contributed by atoms with van der Waals surface area (Å²) in [7, 11) is 0. The molecule has 15 heavy (non-hydrogen) atoms. The summed E-state index contributed by atoms with van der Waals surface area (Å²) in [5.74, 6) is 0. The zero-order valence-electron chi connectivity index (χ0n) is 8.18. The molecular formula is C11H12FN3. The fourth-order valence-corrected chi connectivity index (χ4v) is 1.44. The largest absolute Gasteiger partial charge is 0.399 e. The molecule has 0 spiro atoms. The van der Waals surface area contributed by atoms with Gasteiger partial charge in [0.15, 0.2) is 0 Å². The van der Waals surface area contributed by atoms with Crippen LogP contribution in [0, 0.1) is 0 Å². The lowest BCUT2D eigenvalue weighted by Gasteiger charge is -2.09. The molecule has 0 aliphatic carbocycles. The first-order valence-corrected chi connectivity index (χ1v) is 4.71.